The molecule has 0 aliphatic heterocycles. The molecular formula is C20H34. The Morgan fingerprint density at radius 3 is 2.20 bits per heavy atom. The van der Waals surface area contributed by atoms with Crippen LogP contribution in [0.15, 0.2) is 18.2 Å². The molecule has 20 heavy (non-hydrogen) atoms. The summed E-state index contributed by atoms with van der Waals surface area (Å²) in [5.74, 6) is 0.783. The second kappa shape index (κ2) is 10.0. The average Bonchev–Trinajstić information content (AvgIpc) is 2.44. The van der Waals surface area contributed by atoms with Gasteiger partial charge in [-0.25, -0.2) is 0 Å². The summed E-state index contributed by atoms with van der Waals surface area (Å²) in [5, 5.41) is 0. The van der Waals surface area contributed by atoms with Gasteiger partial charge in [0.25, 0.3) is 0 Å². The molecule has 0 amide bonds. The third-order valence-corrected chi connectivity index (χ3v) is 4.42. The molecular weight excluding hydrogens is 240 g/mol. The fourth-order valence-corrected chi connectivity index (χ4v) is 3.17. The van der Waals surface area contributed by atoms with Gasteiger partial charge in [-0.2, -0.15) is 0 Å². The van der Waals surface area contributed by atoms with Crippen molar-refractivity contribution in [3.8, 4) is 0 Å². The quantitative estimate of drug-likeness (QED) is 0.405. The van der Waals surface area contributed by atoms with E-state index in [1.54, 1.807) is 5.56 Å². The monoisotopic (exact) mass is 274 g/mol. The molecule has 0 saturated heterocycles. The molecule has 0 spiro atoms. The van der Waals surface area contributed by atoms with E-state index in [4.69, 9.17) is 0 Å². The van der Waals surface area contributed by atoms with Gasteiger partial charge in [0.05, 0.1) is 0 Å². The summed E-state index contributed by atoms with van der Waals surface area (Å²) in [6.45, 7) is 9.10. The van der Waals surface area contributed by atoms with Gasteiger partial charge in [-0.15, -0.1) is 0 Å². The van der Waals surface area contributed by atoms with Crippen molar-refractivity contribution >= 4 is 0 Å². The summed E-state index contributed by atoms with van der Waals surface area (Å²) < 4.78 is 0. The highest BCUT2D eigenvalue weighted by atomic mass is 14.2. The van der Waals surface area contributed by atoms with Gasteiger partial charge in [0.1, 0.15) is 0 Å². The van der Waals surface area contributed by atoms with E-state index in [0.29, 0.717) is 0 Å². The van der Waals surface area contributed by atoms with Crippen LogP contribution in [-0.4, -0.2) is 0 Å². The maximum Gasteiger partial charge on any atom is -0.0159 e. The summed E-state index contributed by atoms with van der Waals surface area (Å²) in [5.41, 5.74) is 4.51. The van der Waals surface area contributed by atoms with E-state index >= 15 is 0 Å². The predicted octanol–water partition coefficient (Wildman–Crippen LogP) is 6.94. The molecule has 0 aliphatic carbocycles. The highest BCUT2D eigenvalue weighted by Gasteiger charge is 2.13. The van der Waals surface area contributed by atoms with Crippen molar-refractivity contribution in [1.82, 2.24) is 0 Å². The number of hydrogen-bond donors (Lipinski definition) is 0. The lowest BCUT2D eigenvalue weighted by atomic mass is 9.86. The Hall–Kier alpha value is -0.780. The van der Waals surface area contributed by atoms with Crippen molar-refractivity contribution in [3.05, 3.63) is 34.9 Å². The van der Waals surface area contributed by atoms with E-state index in [9.17, 15) is 0 Å². The van der Waals surface area contributed by atoms with Gasteiger partial charge in [0.2, 0.25) is 0 Å². The fourth-order valence-electron chi connectivity index (χ4n) is 3.17. The van der Waals surface area contributed by atoms with Gasteiger partial charge >= 0.3 is 0 Å². The lowest BCUT2D eigenvalue weighted by Gasteiger charge is -2.19. The van der Waals surface area contributed by atoms with Crippen LogP contribution in [0, 0.1) is 13.8 Å². The molecule has 0 N–H and O–H groups in total. The van der Waals surface area contributed by atoms with Crippen LogP contribution in [0.25, 0.3) is 0 Å². The van der Waals surface area contributed by atoms with Crippen LogP contribution in [0.1, 0.15) is 94.2 Å². The van der Waals surface area contributed by atoms with Crippen LogP contribution in [-0.2, 0) is 0 Å². The Labute approximate surface area is 127 Å². The molecule has 0 saturated carbocycles. The molecule has 0 bridgehead atoms. The van der Waals surface area contributed by atoms with E-state index in [0.717, 1.165) is 5.92 Å². The van der Waals surface area contributed by atoms with Gasteiger partial charge in [-0.3, -0.25) is 0 Å². The molecule has 1 unspecified atom stereocenters. The normalized spacial score (nSPS) is 12.6. The summed E-state index contributed by atoms with van der Waals surface area (Å²) in [4.78, 5) is 0. The highest BCUT2D eigenvalue weighted by Crippen LogP contribution is 2.30. The number of rotatable bonds is 10. The van der Waals surface area contributed by atoms with Gasteiger partial charge in [0, 0.05) is 0 Å². The van der Waals surface area contributed by atoms with Crippen LogP contribution < -0.4 is 0 Å². The van der Waals surface area contributed by atoms with E-state index in [-0.39, 0.29) is 0 Å². The maximum atomic E-state index is 2.42. The predicted molar refractivity (Wildman–Crippen MR) is 91.6 cm³/mol. The first-order valence-electron chi connectivity index (χ1n) is 8.76. The molecule has 114 valence electrons. The molecule has 0 radical (unpaired) electrons. The third kappa shape index (κ3) is 6.11. The van der Waals surface area contributed by atoms with E-state index in [1.807, 2.05) is 0 Å². The van der Waals surface area contributed by atoms with E-state index in [2.05, 4.69) is 45.9 Å². The smallest absolute Gasteiger partial charge is 0.0159 e. The second-order valence-electron chi connectivity index (χ2n) is 6.40. The van der Waals surface area contributed by atoms with Crippen LogP contribution in [0.5, 0.6) is 0 Å². The first kappa shape index (κ1) is 17.3. The van der Waals surface area contributed by atoms with Crippen LogP contribution >= 0.6 is 0 Å². The maximum absolute atomic E-state index is 2.42. The molecule has 1 aromatic carbocycles. The third-order valence-electron chi connectivity index (χ3n) is 4.42. The highest BCUT2D eigenvalue weighted by molar-refractivity contribution is 5.33. The summed E-state index contributed by atoms with van der Waals surface area (Å²) in [6, 6.07) is 6.97. The zero-order chi connectivity index (χ0) is 14.8. The zero-order valence-electron chi connectivity index (χ0n) is 14.2. The van der Waals surface area contributed by atoms with Crippen molar-refractivity contribution in [1.29, 1.82) is 0 Å². The van der Waals surface area contributed by atoms with Crippen LogP contribution in [0.4, 0.5) is 0 Å². The van der Waals surface area contributed by atoms with Crippen molar-refractivity contribution in [2.45, 2.75) is 91.4 Å². The summed E-state index contributed by atoms with van der Waals surface area (Å²) in [7, 11) is 0. The van der Waals surface area contributed by atoms with Crippen molar-refractivity contribution < 1.29 is 0 Å². The van der Waals surface area contributed by atoms with E-state index < -0.39 is 0 Å². The first-order valence-corrected chi connectivity index (χ1v) is 8.76. The topological polar surface area (TPSA) is 0 Å². The molecule has 0 nitrogen and oxygen atoms in total. The van der Waals surface area contributed by atoms with Crippen LogP contribution in [0.3, 0.4) is 0 Å². The molecule has 1 atom stereocenters. The minimum Gasteiger partial charge on any atom is -0.0654 e. The summed E-state index contributed by atoms with van der Waals surface area (Å²) in [6.07, 6.45) is 12.5. The SMILES string of the molecule is CCCCCCCCC(CCC)c1cc(C)ccc1C. The molecule has 0 heterocycles. The molecule has 1 aromatic rings. The Morgan fingerprint density at radius 2 is 1.50 bits per heavy atom. The van der Waals surface area contributed by atoms with Crippen LogP contribution in [0.2, 0.25) is 0 Å². The molecule has 0 fully saturated rings. The summed E-state index contributed by atoms with van der Waals surface area (Å²) >= 11 is 0. The van der Waals surface area contributed by atoms with Gasteiger partial charge < -0.3 is 0 Å². The Morgan fingerprint density at radius 1 is 0.800 bits per heavy atom. The zero-order valence-corrected chi connectivity index (χ0v) is 14.2. The molecule has 0 heteroatoms. The Kier molecular flexibility index (Phi) is 8.65. The minimum atomic E-state index is 0.783. The minimum absolute atomic E-state index is 0.783. The van der Waals surface area contributed by atoms with Gasteiger partial charge in [0.15, 0.2) is 0 Å². The molecule has 0 aliphatic rings. The largest absolute Gasteiger partial charge is 0.0654 e. The Balaban J connectivity index is 2.49. The molecule has 1 rings (SSSR count). The number of benzene rings is 1. The lowest BCUT2D eigenvalue weighted by molar-refractivity contribution is 0.510. The second-order valence-corrected chi connectivity index (χ2v) is 6.40. The fraction of sp³-hybridized carbons (Fsp3) is 0.700. The lowest BCUT2D eigenvalue weighted by Crippen LogP contribution is -2.02. The Bertz CT molecular complexity index is 364. The van der Waals surface area contributed by atoms with Gasteiger partial charge in [-0.1, -0.05) is 82.6 Å². The number of aryl methyl sites for hydroxylation is 2. The molecule has 0 aromatic heterocycles. The van der Waals surface area contributed by atoms with Crippen molar-refractivity contribution in [2.75, 3.05) is 0 Å². The first-order chi connectivity index (χ1) is 9.69. The number of unbranched alkanes of at least 4 members (excludes halogenated alkanes) is 5. The van der Waals surface area contributed by atoms with Crippen molar-refractivity contribution in [3.63, 3.8) is 0 Å². The van der Waals surface area contributed by atoms with E-state index in [1.165, 1.54) is 68.9 Å². The average molecular weight is 274 g/mol. The van der Waals surface area contributed by atoms with Gasteiger partial charge in [-0.05, 0) is 43.7 Å². The number of hydrogen-bond acceptors (Lipinski definition) is 0. The van der Waals surface area contributed by atoms with Crippen molar-refractivity contribution in [2.24, 2.45) is 0 Å². The standard InChI is InChI=1S/C20H34/c1-5-7-8-9-10-11-13-19(12-6-2)20-16-17(3)14-15-18(20)4/h14-16,19H,5-13H2,1-4H3.